The van der Waals surface area contributed by atoms with E-state index in [9.17, 15) is 18.4 Å². The van der Waals surface area contributed by atoms with Gasteiger partial charge in [0.1, 0.15) is 13.2 Å². The molecule has 0 aromatic heterocycles. The van der Waals surface area contributed by atoms with E-state index in [-0.39, 0.29) is 13.0 Å². The second-order valence-electron chi connectivity index (χ2n) is 5.30. The van der Waals surface area contributed by atoms with Crippen LogP contribution in [0, 0.1) is 0 Å². The van der Waals surface area contributed by atoms with E-state index in [1.54, 1.807) is 37.3 Å². The highest BCUT2D eigenvalue weighted by molar-refractivity contribution is 5.89. The van der Waals surface area contributed by atoms with Gasteiger partial charge < -0.3 is 14.2 Å². The molecule has 1 saturated heterocycles. The van der Waals surface area contributed by atoms with Crippen LogP contribution < -0.4 is 0 Å². The fourth-order valence-electron chi connectivity index (χ4n) is 2.21. The first-order chi connectivity index (χ1) is 10.9. The number of carbonyl (C=O) groups is 2. The SMILES string of the molecule is CCOC(=O)C1(COC(=O)c2ccccc2)CCC(F)(F)CO1. The molecule has 0 radical (unpaired) electrons. The Bertz CT molecular complexity index is 549. The Morgan fingerprint density at radius 3 is 2.43 bits per heavy atom. The number of alkyl halides is 2. The minimum Gasteiger partial charge on any atom is -0.464 e. The summed E-state index contributed by atoms with van der Waals surface area (Å²) in [7, 11) is 0. The van der Waals surface area contributed by atoms with Crippen molar-refractivity contribution in [1.82, 2.24) is 0 Å². The molecule has 1 aliphatic heterocycles. The molecule has 0 aliphatic carbocycles. The van der Waals surface area contributed by atoms with E-state index < -0.39 is 43.1 Å². The van der Waals surface area contributed by atoms with Gasteiger partial charge in [0.2, 0.25) is 0 Å². The average Bonchev–Trinajstić information content (AvgIpc) is 2.55. The molecule has 7 heteroatoms. The maximum absolute atomic E-state index is 13.3. The predicted molar refractivity (Wildman–Crippen MR) is 76.2 cm³/mol. The van der Waals surface area contributed by atoms with Gasteiger partial charge >= 0.3 is 11.9 Å². The van der Waals surface area contributed by atoms with Gasteiger partial charge in [0, 0.05) is 6.42 Å². The summed E-state index contributed by atoms with van der Waals surface area (Å²) in [6.45, 7) is 0.302. The minimum atomic E-state index is -3.00. The summed E-state index contributed by atoms with van der Waals surface area (Å²) in [5.74, 6) is -4.45. The highest BCUT2D eigenvalue weighted by atomic mass is 19.3. The number of hydrogen-bond donors (Lipinski definition) is 0. The van der Waals surface area contributed by atoms with Crippen LogP contribution in [0.15, 0.2) is 30.3 Å². The van der Waals surface area contributed by atoms with Crippen molar-refractivity contribution in [2.45, 2.75) is 31.3 Å². The van der Waals surface area contributed by atoms with E-state index in [1.807, 2.05) is 0 Å². The molecule has 0 bridgehead atoms. The van der Waals surface area contributed by atoms with E-state index >= 15 is 0 Å². The molecule has 0 spiro atoms. The van der Waals surface area contributed by atoms with Gasteiger partial charge in [-0.2, -0.15) is 0 Å². The summed E-state index contributed by atoms with van der Waals surface area (Å²) in [4.78, 5) is 24.1. The van der Waals surface area contributed by atoms with Gasteiger partial charge in [0.05, 0.1) is 12.2 Å². The van der Waals surface area contributed by atoms with Gasteiger partial charge in [-0.05, 0) is 25.5 Å². The van der Waals surface area contributed by atoms with Crippen LogP contribution >= 0.6 is 0 Å². The van der Waals surface area contributed by atoms with E-state index in [0.29, 0.717) is 5.56 Å². The number of hydrogen-bond acceptors (Lipinski definition) is 5. The summed E-state index contributed by atoms with van der Waals surface area (Å²) in [6.07, 6.45) is -0.810. The molecule has 1 unspecified atom stereocenters. The molecule has 1 heterocycles. The standard InChI is InChI=1S/C16H18F2O5/c1-2-21-14(20)15(8-9-16(17,18)11-23-15)10-22-13(19)12-6-4-3-5-7-12/h3-7H,2,8-11H2,1H3. The van der Waals surface area contributed by atoms with Gasteiger partial charge in [0.25, 0.3) is 5.92 Å². The number of halogens is 2. The third kappa shape index (κ3) is 4.25. The quantitative estimate of drug-likeness (QED) is 0.778. The second-order valence-corrected chi connectivity index (χ2v) is 5.30. The number of benzene rings is 1. The van der Waals surface area contributed by atoms with Gasteiger partial charge in [-0.1, -0.05) is 18.2 Å². The van der Waals surface area contributed by atoms with E-state index in [4.69, 9.17) is 14.2 Å². The monoisotopic (exact) mass is 328 g/mol. The lowest BCUT2D eigenvalue weighted by Gasteiger charge is -2.37. The molecule has 2 rings (SSSR count). The van der Waals surface area contributed by atoms with E-state index in [1.165, 1.54) is 0 Å². The van der Waals surface area contributed by atoms with Crippen LogP contribution in [0.25, 0.3) is 0 Å². The molecule has 0 N–H and O–H groups in total. The Morgan fingerprint density at radius 2 is 1.87 bits per heavy atom. The Kier molecular flexibility index (Phi) is 5.30. The van der Waals surface area contributed by atoms with Crippen LogP contribution in [-0.4, -0.2) is 43.3 Å². The van der Waals surface area contributed by atoms with Crippen molar-refractivity contribution in [3.8, 4) is 0 Å². The van der Waals surface area contributed by atoms with Crippen molar-refractivity contribution < 1.29 is 32.6 Å². The largest absolute Gasteiger partial charge is 0.464 e. The molecule has 1 fully saturated rings. The zero-order valence-corrected chi connectivity index (χ0v) is 12.7. The van der Waals surface area contributed by atoms with Crippen molar-refractivity contribution in [3.63, 3.8) is 0 Å². The second kappa shape index (κ2) is 7.04. The Hall–Kier alpha value is -2.02. The molecule has 1 aliphatic rings. The highest BCUT2D eigenvalue weighted by Gasteiger charge is 2.51. The van der Waals surface area contributed by atoms with Crippen LogP contribution in [0.2, 0.25) is 0 Å². The average molecular weight is 328 g/mol. The number of esters is 2. The lowest BCUT2D eigenvalue weighted by atomic mass is 9.93. The van der Waals surface area contributed by atoms with Crippen molar-refractivity contribution in [2.75, 3.05) is 19.8 Å². The molecule has 23 heavy (non-hydrogen) atoms. The maximum atomic E-state index is 13.3. The number of rotatable bonds is 5. The van der Waals surface area contributed by atoms with Gasteiger partial charge in [-0.15, -0.1) is 0 Å². The lowest BCUT2D eigenvalue weighted by molar-refractivity contribution is -0.217. The van der Waals surface area contributed by atoms with Gasteiger partial charge in [-0.3, -0.25) is 0 Å². The van der Waals surface area contributed by atoms with Crippen LogP contribution in [0.3, 0.4) is 0 Å². The Morgan fingerprint density at radius 1 is 1.17 bits per heavy atom. The zero-order chi connectivity index (χ0) is 16.9. The maximum Gasteiger partial charge on any atom is 0.342 e. The summed E-state index contributed by atoms with van der Waals surface area (Å²) in [5.41, 5.74) is -1.38. The fourth-order valence-corrected chi connectivity index (χ4v) is 2.21. The molecule has 0 saturated carbocycles. The van der Waals surface area contributed by atoms with Gasteiger partial charge in [0.15, 0.2) is 5.60 Å². The highest BCUT2D eigenvalue weighted by Crippen LogP contribution is 2.35. The summed E-state index contributed by atoms with van der Waals surface area (Å²) in [6, 6.07) is 8.17. The normalized spacial score (nSPS) is 23.1. The minimum absolute atomic E-state index is 0.0764. The van der Waals surface area contributed by atoms with Crippen molar-refractivity contribution in [2.24, 2.45) is 0 Å². The first-order valence-corrected chi connectivity index (χ1v) is 7.30. The van der Waals surface area contributed by atoms with Crippen LogP contribution in [0.5, 0.6) is 0 Å². The molecule has 0 amide bonds. The lowest BCUT2D eigenvalue weighted by Crippen LogP contribution is -2.53. The summed E-state index contributed by atoms with van der Waals surface area (Å²) >= 11 is 0. The fraction of sp³-hybridized carbons (Fsp3) is 0.500. The van der Waals surface area contributed by atoms with Crippen molar-refractivity contribution in [3.05, 3.63) is 35.9 Å². The molecule has 1 aromatic rings. The number of carbonyl (C=O) groups excluding carboxylic acids is 2. The smallest absolute Gasteiger partial charge is 0.342 e. The van der Waals surface area contributed by atoms with Crippen molar-refractivity contribution >= 4 is 11.9 Å². The molecular weight excluding hydrogens is 310 g/mol. The number of ether oxygens (including phenoxy) is 3. The summed E-state index contributed by atoms with van der Waals surface area (Å²) < 4.78 is 41.6. The van der Waals surface area contributed by atoms with Crippen LogP contribution in [0.4, 0.5) is 8.78 Å². The third-order valence-electron chi connectivity index (χ3n) is 3.55. The summed E-state index contributed by atoms with van der Waals surface area (Å²) in [5, 5.41) is 0. The molecule has 5 nitrogen and oxygen atoms in total. The van der Waals surface area contributed by atoms with E-state index in [2.05, 4.69) is 0 Å². The molecule has 1 atom stereocenters. The molecule has 126 valence electrons. The molecular formula is C16H18F2O5. The first kappa shape index (κ1) is 17.3. The topological polar surface area (TPSA) is 61.8 Å². The van der Waals surface area contributed by atoms with Crippen molar-refractivity contribution in [1.29, 1.82) is 0 Å². The Balaban J connectivity index is 2.07. The zero-order valence-electron chi connectivity index (χ0n) is 12.7. The first-order valence-electron chi connectivity index (χ1n) is 7.30. The van der Waals surface area contributed by atoms with Crippen LogP contribution in [-0.2, 0) is 19.0 Å². The predicted octanol–water partition coefficient (Wildman–Crippen LogP) is 2.59. The van der Waals surface area contributed by atoms with Gasteiger partial charge in [-0.25, -0.2) is 18.4 Å². The third-order valence-corrected chi connectivity index (χ3v) is 3.55. The van der Waals surface area contributed by atoms with E-state index in [0.717, 1.165) is 0 Å². The van der Waals surface area contributed by atoms with Crippen LogP contribution in [0.1, 0.15) is 30.1 Å². The molecule has 1 aromatic carbocycles. The Labute approximate surface area is 132 Å².